The standard InChI is InChI=1S/C22H19F3N4O4/c1-12-9-27(5-4-26-12)20-8-19-14(7-17(20)25)22(31)15(21(30)11-29(32)33)10-28(19)18-3-2-13(23)6-16(18)24/h2-3,6-8,10,12,26H,4-5,9,11H2,1H3. The van der Waals surface area contributed by atoms with Crippen molar-refractivity contribution < 1.29 is 22.9 Å². The van der Waals surface area contributed by atoms with Gasteiger partial charge in [-0.1, -0.05) is 0 Å². The maximum atomic E-state index is 15.1. The van der Waals surface area contributed by atoms with Gasteiger partial charge in [0.1, 0.15) is 17.5 Å². The van der Waals surface area contributed by atoms with Gasteiger partial charge in [-0.25, -0.2) is 13.2 Å². The number of benzene rings is 2. The summed E-state index contributed by atoms with van der Waals surface area (Å²) < 4.78 is 44.4. The van der Waals surface area contributed by atoms with Gasteiger partial charge in [-0.3, -0.25) is 19.7 Å². The number of nitrogens with zero attached hydrogens (tertiary/aromatic N) is 3. The van der Waals surface area contributed by atoms with Crippen LogP contribution in [0.1, 0.15) is 17.3 Å². The van der Waals surface area contributed by atoms with Crippen LogP contribution < -0.4 is 15.6 Å². The molecule has 2 heterocycles. The zero-order valence-electron chi connectivity index (χ0n) is 17.5. The van der Waals surface area contributed by atoms with E-state index in [2.05, 4.69) is 5.32 Å². The maximum Gasteiger partial charge on any atom is 0.266 e. The van der Waals surface area contributed by atoms with Crippen molar-refractivity contribution in [1.82, 2.24) is 9.88 Å². The van der Waals surface area contributed by atoms with E-state index in [1.54, 1.807) is 4.90 Å². The van der Waals surface area contributed by atoms with Crippen LogP contribution in [0.25, 0.3) is 16.6 Å². The predicted molar refractivity (Wildman–Crippen MR) is 115 cm³/mol. The summed E-state index contributed by atoms with van der Waals surface area (Å²) in [4.78, 5) is 37.0. The Kier molecular flexibility index (Phi) is 5.90. The van der Waals surface area contributed by atoms with E-state index in [0.29, 0.717) is 25.7 Å². The molecule has 1 N–H and O–H groups in total. The van der Waals surface area contributed by atoms with Crippen molar-refractivity contribution in [3.63, 3.8) is 0 Å². The summed E-state index contributed by atoms with van der Waals surface area (Å²) in [6.45, 7) is 2.35. The average Bonchev–Trinajstić information content (AvgIpc) is 2.74. The topological polar surface area (TPSA) is 97.5 Å². The van der Waals surface area contributed by atoms with Gasteiger partial charge in [0.05, 0.1) is 22.5 Å². The molecule has 0 spiro atoms. The summed E-state index contributed by atoms with van der Waals surface area (Å²) >= 11 is 0. The van der Waals surface area contributed by atoms with Gasteiger partial charge in [0.2, 0.25) is 11.2 Å². The number of carbonyl (C=O) groups excluding carboxylic acids is 1. The molecule has 3 aromatic rings. The lowest BCUT2D eigenvalue weighted by atomic mass is 10.1. The van der Waals surface area contributed by atoms with Crippen molar-refractivity contribution in [2.45, 2.75) is 13.0 Å². The number of hydrogen-bond acceptors (Lipinski definition) is 6. The van der Waals surface area contributed by atoms with Crippen molar-refractivity contribution in [2.75, 3.05) is 31.1 Å². The number of carbonyl (C=O) groups is 1. The summed E-state index contributed by atoms with van der Waals surface area (Å²) in [5.74, 6) is -3.66. The molecule has 11 heteroatoms. The van der Waals surface area contributed by atoms with Crippen molar-refractivity contribution in [3.8, 4) is 5.69 Å². The first-order valence-corrected chi connectivity index (χ1v) is 10.1. The van der Waals surface area contributed by atoms with E-state index >= 15 is 4.39 Å². The summed E-state index contributed by atoms with van der Waals surface area (Å²) in [5, 5.41) is 13.8. The third kappa shape index (κ3) is 4.31. The van der Waals surface area contributed by atoms with Gasteiger partial charge < -0.3 is 14.8 Å². The number of halogens is 3. The van der Waals surface area contributed by atoms with Crippen LogP contribution in [-0.2, 0) is 0 Å². The molecule has 1 aromatic heterocycles. The minimum absolute atomic E-state index is 0.0748. The molecule has 0 radical (unpaired) electrons. The molecule has 1 aliphatic rings. The molecule has 1 aliphatic heterocycles. The second-order valence-electron chi connectivity index (χ2n) is 7.87. The van der Waals surface area contributed by atoms with Crippen molar-refractivity contribution in [3.05, 3.63) is 79.9 Å². The summed E-state index contributed by atoms with van der Waals surface area (Å²) in [6.07, 6.45) is 0.981. The van der Waals surface area contributed by atoms with E-state index in [0.717, 1.165) is 29.0 Å². The minimum atomic E-state index is -1.16. The lowest BCUT2D eigenvalue weighted by molar-refractivity contribution is -0.465. The van der Waals surface area contributed by atoms with Crippen LogP contribution >= 0.6 is 0 Å². The number of ketones is 1. The number of nitro groups is 1. The smallest absolute Gasteiger partial charge is 0.266 e. The first-order chi connectivity index (χ1) is 15.7. The lowest BCUT2D eigenvalue weighted by Crippen LogP contribution is -2.49. The lowest BCUT2D eigenvalue weighted by Gasteiger charge is -2.34. The van der Waals surface area contributed by atoms with E-state index in [1.807, 2.05) is 6.92 Å². The Morgan fingerprint density at radius 1 is 1.18 bits per heavy atom. The summed E-state index contributed by atoms with van der Waals surface area (Å²) in [7, 11) is 0. The molecule has 1 fully saturated rings. The van der Waals surface area contributed by atoms with Gasteiger partial charge in [-0.15, -0.1) is 0 Å². The Bertz CT molecular complexity index is 1340. The number of piperazine rings is 1. The third-order valence-electron chi connectivity index (χ3n) is 5.52. The van der Waals surface area contributed by atoms with Crippen LogP contribution in [0, 0.1) is 27.6 Å². The van der Waals surface area contributed by atoms with Crippen LogP contribution in [0.15, 0.2) is 41.3 Å². The summed E-state index contributed by atoms with van der Waals surface area (Å²) in [6, 6.07) is 5.11. The van der Waals surface area contributed by atoms with Crippen LogP contribution in [0.2, 0.25) is 0 Å². The normalized spacial score (nSPS) is 16.2. The molecule has 1 saturated heterocycles. The van der Waals surface area contributed by atoms with Crippen molar-refractivity contribution in [2.24, 2.45) is 0 Å². The second-order valence-corrected chi connectivity index (χ2v) is 7.87. The molecule has 1 atom stereocenters. The van der Waals surface area contributed by atoms with E-state index < -0.39 is 45.7 Å². The quantitative estimate of drug-likeness (QED) is 0.357. The second kappa shape index (κ2) is 8.66. The number of anilines is 1. The number of aromatic nitrogens is 1. The molecule has 0 saturated carbocycles. The Hall–Kier alpha value is -3.73. The first kappa shape index (κ1) is 22.5. The SMILES string of the molecule is CC1CN(c2cc3c(cc2F)c(=O)c(C(=O)C[N+](=O)[O-])cn3-c2ccc(F)cc2F)CCN1. The minimum Gasteiger partial charge on any atom is -0.366 e. The van der Waals surface area contributed by atoms with Crippen LogP contribution in [0.3, 0.4) is 0 Å². The van der Waals surface area contributed by atoms with Gasteiger partial charge in [0.25, 0.3) is 6.54 Å². The molecule has 33 heavy (non-hydrogen) atoms. The Morgan fingerprint density at radius 2 is 1.91 bits per heavy atom. The Balaban J connectivity index is 2.01. The molecule has 2 aromatic carbocycles. The number of rotatable bonds is 5. The monoisotopic (exact) mass is 460 g/mol. The van der Waals surface area contributed by atoms with E-state index in [9.17, 15) is 28.5 Å². The highest BCUT2D eigenvalue weighted by atomic mass is 19.1. The van der Waals surface area contributed by atoms with Gasteiger partial charge in [0.15, 0.2) is 0 Å². The predicted octanol–water partition coefficient (Wildman–Crippen LogP) is 2.67. The fraction of sp³-hybridized carbons (Fsp3) is 0.273. The molecule has 1 unspecified atom stereocenters. The van der Waals surface area contributed by atoms with Crippen LogP contribution in [0.4, 0.5) is 18.9 Å². The molecule has 4 rings (SSSR count). The number of fused-ring (bicyclic) bond motifs is 1. The third-order valence-corrected chi connectivity index (χ3v) is 5.52. The Morgan fingerprint density at radius 3 is 2.58 bits per heavy atom. The number of hydrogen-bond donors (Lipinski definition) is 1. The van der Waals surface area contributed by atoms with Crippen LogP contribution in [-0.4, -0.2) is 47.5 Å². The van der Waals surface area contributed by atoms with Gasteiger partial charge in [-0.2, -0.15) is 0 Å². The zero-order valence-corrected chi connectivity index (χ0v) is 17.5. The highest BCUT2D eigenvalue weighted by molar-refractivity contribution is 6.00. The highest BCUT2D eigenvalue weighted by Crippen LogP contribution is 2.28. The number of Topliss-reactive ketones (excluding diaryl/α,β-unsaturated/α-hetero) is 1. The van der Waals surface area contributed by atoms with E-state index in [4.69, 9.17) is 0 Å². The first-order valence-electron chi connectivity index (χ1n) is 10.1. The zero-order chi connectivity index (χ0) is 23.9. The molecule has 172 valence electrons. The molecular formula is C22H19F3N4O4. The Labute approximate surface area is 185 Å². The fourth-order valence-electron chi connectivity index (χ4n) is 4.00. The van der Waals surface area contributed by atoms with Crippen molar-refractivity contribution >= 4 is 22.4 Å². The van der Waals surface area contributed by atoms with Gasteiger partial charge in [-0.05, 0) is 31.2 Å². The van der Waals surface area contributed by atoms with E-state index in [-0.39, 0.29) is 28.3 Å². The van der Waals surface area contributed by atoms with Crippen LogP contribution in [0.5, 0.6) is 0 Å². The largest absolute Gasteiger partial charge is 0.366 e. The molecule has 0 aliphatic carbocycles. The van der Waals surface area contributed by atoms with E-state index in [1.165, 1.54) is 6.07 Å². The maximum absolute atomic E-state index is 15.1. The van der Waals surface area contributed by atoms with Gasteiger partial charge >= 0.3 is 0 Å². The molecule has 0 amide bonds. The average molecular weight is 460 g/mol. The van der Waals surface area contributed by atoms with Gasteiger partial charge in [0, 0.05) is 48.2 Å². The molecular weight excluding hydrogens is 441 g/mol. The van der Waals surface area contributed by atoms with Crippen molar-refractivity contribution in [1.29, 1.82) is 0 Å². The molecule has 0 bridgehead atoms. The molecule has 8 nitrogen and oxygen atoms in total. The summed E-state index contributed by atoms with van der Waals surface area (Å²) in [5.41, 5.74) is -1.45. The fourth-order valence-corrected chi connectivity index (χ4v) is 4.00. The number of pyridine rings is 1. The highest BCUT2D eigenvalue weighted by Gasteiger charge is 2.24. The number of nitrogens with one attached hydrogen (secondary N) is 1.